The monoisotopic (exact) mass is 272 g/mol. The first-order valence-electron chi connectivity index (χ1n) is 6.50. The molecular formula is C12H20N2O3S. The van der Waals surface area contributed by atoms with Crippen LogP contribution in [0.5, 0.6) is 0 Å². The quantitative estimate of drug-likeness (QED) is 0.839. The van der Waals surface area contributed by atoms with E-state index in [9.17, 15) is 9.59 Å². The zero-order valence-corrected chi connectivity index (χ0v) is 11.3. The number of carbonyl (C=O) groups is 2. The van der Waals surface area contributed by atoms with Gasteiger partial charge in [0.15, 0.2) is 0 Å². The van der Waals surface area contributed by atoms with Gasteiger partial charge < -0.3 is 14.9 Å². The number of carbonyl (C=O) groups excluding carboxylic acids is 1. The van der Waals surface area contributed by atoms with E-state index in [4.69, 9.17) is 5.11 Å². The summed E-state index contributed by atoms with van der Waals surface area (Å²) in [6.45, 7) is 1.94. The SMILES string of the molecule is O=C(O)CN(CC1CC1)C(=O)N1CCCSCC1. The lowest BCUT2D eigenvalue weighted by Gasteiger charge is -2.28. The van der Waals surface area contributed by atoms with Gasteiger partial charge in [0.1, 0.15) is 6.54 Å². The van der Waals surface area contributed by atoms with Gasteiger partial charge in [-0.05, 0) is 30.9 Å². The van der Waals surface area contributed by atoms with Gasteiger partial charge in [0.2, 0.25) is 0 Å². The number of urea groups is 1. The normalized spacial score (nSPS) is 20.3. The lowest BCUT2D eigenvalue weighted by Crippen LogP contribution is -2.47. The molecule has 0 aromatic carbocycles. The van der Waals surface area contributed by atoms with Gasteiger partial charge in [-0.1, -0.05) is 0 Å². The number of rotatable bonds is 4. The molecule has 1 heterocycles. The minimum absolute atomic E-state index is 0.0909. The van der Waals surface area contributed by atoms with Crippen molar-refractivity contribution in [1.29, 1.82) is 0 Å². The van der Waals surface area contributed by atoms with E-state index in [1.54, 1.807) is 0 Å². The fourth-order valence-electron chi connectivity index (χ4n) is 2.12. The minimum atomic E-state index is -0.923. The van der Waals surface area contributed by atoms with E-state index in [0.717, 1.165) is 43.9 Å². The van der Waals surface area contributed by atoms with E-state index in [1.807, 2.05) is 16.7 Å². The highest BCUT2D eigenvalue weighted by atomic mass is 32.2. The highest BCUT2D eigenvalue weighted by Gasteiger charge is 2.30. The van der Waals surface area contributed by atoms with E-state index in [0.29, 0.717) is 12.5 Å². The molecule has 0 atom stereocenters. The molecule has 1 N–H and O–H groups in total. The summed E-state index contributed by atoms with van der Waals surface area (Å²) in [6, 6.07) is -0.0909. The Hall–Kier alpha value is -0.910. The molecule has 0 aromatic heterocycles. The van der Waals surface area contributed by atoms with Crippen LogP contribution < -0.4 is 0 Å². The van der Waals surface area contributed by atoms with E-state index >= 15 is 0 Å². The Labute approximate surface area is 112 Å². The third-order valence-electron chi connectivity index (χ3n) is 3.26. The molecule has 102 valence electrons. The first-order valence-corrected chi connectivity index (χ1v) is 7.65. The number of thioether (sulfide) groups is 1. The molecule has 2 amide bonds. The Kier molecular flexibility index (Phi) is 4.74. The molecule has 2 fully saturated rings. The second-order valence-corrected chi connectivity index (χ2v) is 6.18. The number of carboxylic acid groups (broad SMARTS) is 1. The van der Waals surface area contributed by atoms with E-state index in [-0.39, 0.29) is 12.6 Å². The summed E-state index contributed by atoms with van der Waals surface area (Å²) >= 11 is 1.86. The van der Waals surface area contributed by atoms with Crippen molar-refractivity contribution in [2.45, 2.75) is 19.3 Å². The summed E-state index contributed by atoms with van der Waals surface area (Å²) in [5.74, 6) is 1.64. The molecule has 0 spiro atoms. The lowest BCUT2D eigenvalue weighted by molar-refractivity contribution is -0.137. The average Bonchev–Trinajstić information content (AvgIpc) is 3.13. The van der Waals surface area contributed by atoms with Crippen molar-refractivity contribution in [1.82, 2.24) is 9.80 Å². The largest absolute Gasteiger partial charge is 0.480 e. The molecule has 5 nitrogen and oxygen atoms in total. The third-order valence-corrected chi connectivity index (χ3v) is 4.31. The molecule has 2 aliphatic rings. The fraction of sp³-hybridized carbons (Fsp3) is 0.833. The van der Waals surface area contributed by atoms with E-state index in [2.05, 4.69) is 0 Å². The van der Waals surface area contributed by atoms with Crippen molar-refractivity contribution in [3.8, 4) is 0 Å². The van der Waals surface area contributed by atoms with Gasteiger partial charge in [-0.2, -0.15) is 11.8 Å². The van der Waals surface area contributed by atoms with Crippen LogP contribution in [0.25, 0.3) is 0 Å². The molecule has 18 heavy (non-hydrogen) atoms. The van der Waals surface area contributed by atoms with Gasteiger partial charge in [0, 0.05) is 25.4 Å². The van der Waals surface area contributed by atoms with Crippen LogP contribution in [0.1, 0.15) is 19.3 Å². The van der Waals surface area contributed by atoms with Crippen LogP contribution >= 0.6 is 11.8 Å². The number of aliphatic carboxylic acids is 1. The van der Waals surface area contributed by atoms with Crippen LogP contribution in [0.3, 0.4) is 0 Å². The van der Waals surface area contributed by atoms with Gasteiger partial charge in [0.05, 0.1) is 0 Å². The highest BCUT2D eigenvalue weighted by Crippen LogP contribution is 2.30. The average molecular weight is 272 g/mol. The molecule has 0 aromatic rings. The molecule has 1 saturated carbocycles. The number of hydrogen-bond donors (Lipinski definition) is 1. The van der Waals surface area contributed by atoms with Crippen molar-refractivity contribution < 1.29 is 14.7 Å². The second-order valence-electron chi connectivity index (χ2n) is 4.95. The number of amides is 2. The number of nitrogens with zero attached hydrogens (tertiary/aromatic N) is 2. The first kappa shape index (κ1) is 13.5. The van der Waals surface area contributed by atoms with Crippen molar-refractivity contribution >= 4 is 23.8 Å². The van der Waals surface area contributed by atoms with Gasteiger partial charge in [-0.15, -0.1) is 0 Å². The molecule has 0 unspecified atom stereocenters. The standard InChI is InChI=1S/C12H20N2O3S/c15-11(16)9-14(8-10-2-3-10)12(17)13-4-1-6-18-7-5-13/h10H,1-9H2,(H,15,16). The maximum Gasteiger partial charge on any atom is 0.323 e. The minimum Gasteiger partial charge on any atom is -0.480 e. The van der Waals surface area contributed by atoms with Gasteiger partial charge in [-0.3, -0.25) is 4.79 Å². The molecule has 1 saturated heterocycles. The Bertz CT molecular complexity index is 312. The molecule has 2 rings (SSSR count). The summed E-state index contributed by atoms with van der Waals surface area (Å²) in [4.78, 5) is 26.5. The number of carboxylic acids is 1. The summed E-state index contributed by atoms with van der Waals surface area (Å²) in [5.41, 5.74) is 0. The van der Waals surface area contributed by atoms with Crippen molar-refractivity contribution in [3.05, 3.63) is 0 Å². The second kappa shape index (κ2) is 6.31. The summed E-state index contributed by atoms with van der Waals surface area (Å²) < 4.78 is 0. The van der Waals surface area contributed by atoms with Crippen molar-refractivity contribution in [2.75, 3.05) is 37.7 Å². The molecule has 0 radical (unpaired) electrons. The summed E-state index contributed by atoms with van der Waals surface area (Å²) in [6.07, 6.45) is 3.25. The van der Waals surface area contributed by atoms with Crippen molar-refractivity contribution in [3.63, 3.8) is 0 Å². The lowest BCUT2D eigenvalue weighted by atomic mass is 10.3. The van der Waals surface area contributed by atoms with Crippen molar-refractivity contribution in [2.24, 2.45) is 5.92 Å². The van der Waals surface area contributed by atoms with Gasteiger partial charge >= 0.3 is 12.0 Å². The van der Waals surface area contributed by atoms with Gasteiger partial charge in [0.25, 0.3) is 0 Å². The zero-order chi connectivity index (χ0) is 13.0. The summed E-state index contributed by atoms with van der Waals surface area (Å²) in [7, 11) is 0. The van der Waals surface area contributed by atoms with Crippen LogP contribution in [-0.4, -0.2) is 64.6 Å². The molecule has 1 aliphatic heterocycles. The molecule has 6 heteroatoms. The zero-order valence-electron chi connectivity index (χ0n) is 10.5. The Morgan fingerprint density at radius 1 is 1.28 bits per heavy atom. The van der Waals surface area contributed by atoms with Crippen LogP contribution in [-0.2, 0) is 4.79 Å². The predicted octanol–water partition coefficient (Wildman–Crippen LogP) is 1.34. The smallest absolute Gasteiger partial charge is 0.323 e. The Morgan fingerprint density at radius 2 is 2.06 bits per heavy atom. The maximum atomic E-state index is 12.3. The van der Waals surface area contributed by atoms with E-state index < -0.39 is 5.97 Å². The predicted molar refractivity (Wildman–Crippen MR) is 70.8 cm³/mol. The third kappa shape index (κ3) is 4.08. The van der Waals surface area contributed by atoms with Crippen LogP contribution in [0, 0.1) is 5.92 Å². The van der Waals surface area contributed by atoms with Crippen LogP contribution in [0.15, 0.2) is 0 Å². The van der Waals surface area contributed by atoms with Crippen LogP contribution in [0.2, 0.25) is 0 Å². The fourth-order valence-corrected chi connectivity index (χ4v) is 3.01. The first-order chi connectivity index (χ1) is 8.66. The molecule has 1 aliphatic carbocycles. The van der Waals surface area contributed by atoms with Gasteiger partial charge in [-0.25, -0.2) is 4.79 Å². The summed E-state index contributed by atoms with van der Waals surface area (Å²) in [5, 5.41) is 8.90. The number of hydrogen-bond acceptors (Lipinski definition) is 3. The van der Waals surface area contributed by atoms with E-state index in [1.165, 1.54) is 4.90 Å². The molecular weight excluding hydrogens is 252 g/mol. The Balaban J connectivity index is 1.93. The Morgan fingerprint density at radius 3 is 2.72 bits per heavy atom. The maximum absolute atomic E-state index is 12.3. The highest BCUT2D eigenvalue weighted by molar-refractivity contribution is 7.99. The topological polar surface area (TPSA) is 60.9 Å². The molecule has 0 bridgehead atoms. The van der Waals surface area contributed by atoms with Crippen LogP contribution in [0.4, 0.5) is 4.79 Å².